The van der Waals surface area contributed by atoms with Crippen LogP contribution in [0.3, 0.4) is 0 Å². The number of ether oxygens (including phenoxy) is 1. The molecule has 0 bridgehead atoms. The average molecular weight is 183 g/mol. The second kappa shape index (κ2) is 13.5. The summed E-state index contributed by atoms with van der Waals surface area (Å²) in [5, 5.41) is 17.4. The van der Waals surface area contributed by atoms with Crippen LogP contribution < -0.4 is 5.11 Å². The topological polar surface area (TPSA) is 52.5 Å². The largest absolute Gasteiger partial charge is 0.853 e. The number of hydrogen-bond donors (Lipinski definition) is 1. The van der Waals surface area contributed by atoms with Crippen LogP contribution in [-0.2, 0) is 4.74 Å². The van der Waals surface area contributed by atoms with Gasteiger partial charge in [0.25, 0.3) is 0 Å². The third kappa shape index (κ3) is 22.5. The van der Waals surface area contributed by atoms with Crippen molar-refractivity contribution in [2.75, 3.05) is 19.8 Å². The van der Waals surface area contributed by atoms with E-state index >= 15 is 0 Å². The van der Waals surface area contributed by atoms with Gasteiger partial charge in [0.15, 0.2) is 0 Å². The van der Waals surface area contributed by atoms with Crippen molar-refractivity contribution < 1.29 is 17.9 Å². The molecule has 0 saturated carbocycles. The van der Waals surface area contributed by atoms with E-state index in [2.05, 4.69) is 13.8 Å². The molecule has 0 fully saturated rings. The van der Waals surface area contributed by atoms with Crippen molar-refractivity contribution in [3.63, 3.8) is 0 Å². The molecule has 0 saturated heterocycles. The van der Waals surface area contributed by atoms with Crippen molar-refractivity contribution in [1.29, 1.82) is 0 Å². The molecule has 0 amide bonds. The lowest BCUT2D eigenvalue weighted by Crippen LogP contribution is -2.18. The van der Waals surface area contributed by atoms with Gasteiger partial charge in [0, 0.05) is 22.3 Å². The fourth-order valence-electron chi connectivity index (χ4n) is 0.391. The molecule has 3 nitrogen and oxygen atoms in total. The van der Waals surface area contributed by atoms with Crippen LogP contribution >= 0.6 is 0 Å². The van der Waals surface area contributed by atoms with Gasteiger partial charge in [-0.1, -0.05) is 13.8 Å². The minimum Gasteiger partial charge on any atom is -0.853 e. The summed E-state index contributed by atoms with van der Waals surface area (Å²) < 4.78 is 15.1. The molecule has 3 heteroatoms. The fourth-order valence-corrected chi connectivity index (χ4v) is 0.391. The molecule has 0 aliphatic carbocycles. The van der Waals surface area contributed by atoms with Crippen molar-refractivity contribution in [2.24, 2.45) is 0 Å². The molecule has 0 radical (unpaired) electrons. The highest BCUT2D eigenvalue weighted by Crippen LogP contribution is 1.81. The molecular formula is C9H23O3-. The molecule has 78 valence electrons. The van der Waals surface area contributed by atoms with E-state index in [0.717, 1.165) is 26.1 Å². The Morgan fingerprint density at radius 2 is 1.75 bits per heavy atom. The smallest absolute Gasteiger partial charge is 0.0463 e. The zero-order chi connectivity index (χ0) is 11.8. The highest BCUT2D eigenvalue weighted by Gasteiger charge is 1.78. The van der Waals surface area contributed by atoms with E-state index in [-0.39, 0.29) is 6.61 Å². The van der Waals surface area contributed by atoms with E-state index in [9.17, 15) is 5.11 Å². The van der Waals surface area contributed by atoms with E-state index < -0.39 is 6.10 Å². The van der Waals surface area contributed by atoms with E-state index in [0.29, 0.717) is 0 Å². The summed E-state index contributed by atoms with van der Waals surface area (Å²) in [7, 11) is 0. The number of aliphatic hydroxyl groups excluding tert-OH is 1. The van der Waals surface area contributed by atoms with Gasteiger partial charge in [-0.3, -0.25) is 0 Å². The van der Waals surface area contributed by atoms with Crippen molar-refractivity contribution in [3.8, 4) is 0 Å². The third-order valence-electron chi connectivity index (χ3n) is 0.938. The van der Waals surface area contributed by atoms with Crippen LogP contribution in [0.2, 0.25) is 0 Å². The number of rotatable bonds is 5. The lowest BCUT2D eigenvalue weighted by atomic mass is 10.5. The first-order valence-corrected chi connectivity index (χ1v) is 4.52. The van der Waals surface area contributed by atoms with Crippen molar-refractivity contribution >= 4 is 0 Å². The van der Waals surface area contributed by atoms with Gasteiger partial charge in [-0.25, -0.2) is 0 Å². The van der Waals surface area contributed by atoms with Crippen molar-refractivity contribution in [1.82, 2.24) is 0 Å². The van der Waals surface area contributed by atoms with Gasteiger partial charge in [0.05, 0.1) is 0 Å². The molecular weight excluding hydrogens is 156 g/mol. The molecule has 12 heavy (non-hydrogen) atoms. The Balaban J connectivity index is -0.000000152. The van der Waals surface area contributed by atoms with Crippen LogP contribution in [-0.4, -0.2) is 31.0 Å². The van der Waals surface area contributed by atoms with Crippen molar-refractivity contribution in [3.05, 3.63) is 0 Å². The summed E-state index contributed by atoms with van der Waals surface area (Å²) in [6, 6.07) is 0. The maximum atomic E-state index is 9.38. The first kappa shape index (κ1) is 11.9. The molecule has 0 rings (SSSR count). The van der Waals surface area contributed by atoms with Crippen molar-refractivity contribution in [2.45, 2.75) is 39.7 Å². The Morgan fingerprint density at radius 1 is 1.42 bits per heavy atom. The van der Waals surface area contributed by atoms with E-state index in [1.807, 2.05) is 0 Å². The zero-order valence-electron chi connectivity index (χ0n) is 10.4. The summed E-state index contributed by atoms with van der Waals surface area (Å²) in [5.74, 6) is 0. The van der Waals surface area contributed by atoms with Gasteiger partial charge in [-0.2, -0.15) is 0 Å². The molecule has 0 spiro atoms. The highest BCUT2D eigenvalue weighted by molar-refractivity contribution is 4.32. The molecule has 0 aromatic heterocycles. The Morgan fingerprint density at radius 3 is 1.92 bits per heavy atom. The SMILES string of the molecule is CC(O)C[O-].CCCOCCC.[3H][3H]. The minimum atomic E-state index is -0.671. The predicted octanol–water partition coefficient (Wildman–Crippen LogP) is 0.796. The standard InChI is InChI=1S/C6H14O.C3H7O2.H2/c1-3-5-7-6-4-2;1-3(5)2-4;/h3-6H2,1-2H3;3,5H,2H2,1H3;1H/q;-1;/i;;1+2T. The molecule has 0 aliphatic rings. The molecule has 0 aromatic carbocycles. The van der Waals surface area contributed by atoms with Crippen LogP contribution in [0.4, 0.5) is 0 Å². The number of aliphatic hydroxyl groups is 1. The normalized spacial score (nSPS) is 12.4. The Kier molecular flexibility index (Phi) is 13.3. The van der Waals surface area contributed by atoms with Gasteiger partial charge in [-0.05, 0) is 19.8 Å². The van der Waals surface area contributed by atoms with Crippen LogP contribution in [0.15, 0.2) is 0 Å². The van der Waals surface area contributed by atoms with Gasteiger partial charge in [0.2, 0.25) is 0 Å². The predicted molar refractivity (Wildman–Crippen MR) is 50.1 cm³/mol. The quantitative estimate of drug-likeness (QED) is 0.641. The maximum Gasteiger partial charge on any atom is 0.0463 e. The third-order valence-corrected chi connectivity index (χ3v) is 0.938. The monoisotopic (exact) mass is 183 g/mol. The second-order valence-electron chi connectivity index (χ2n) is 2.63. The minimum absolute atomic E-state index is 0.389. The molecule has 0 aromatic rings. The van der Waals surface area contributed by atoms with Gasteiger partial charge < -0.3 is 14.9 Å². The second-order valence-corrected chi connectivity index (χ2v) is 2.63. The Hall–Kier alpha value is -0.120. The molecule has 1 unspecified atom stereocenters. The number of hydrogen-bond acceptors (Lipinski definition) is 3. The van der Waals surface area contributed by atoms with Gasteiger partial charge >= 0.3 is 0 Å². The average Bonchev–Trinajstić information content (AvgIpc) is 2.22. The first-order chi connectivity index (χ1) is 6.68. The van der Waals surface area contributed by atoms with E-state index in [1.165, 1.54) is 6.92 Å². The summed E-state index contributed by atoms with van der Waals surface area (Å²) in [5.41, 5.74) is 0. The highest BCUT2D eigenvalue weighted by atomic mass is 16.5. The maximum absolute atomic E-state index is 9.38. The summed E-state index contributed by atoms with van der Waals surface area (Å²) in [4.78, 5) is 0. The molecule has 1 atom stereocenters. The van der Waals surface area contributed by atoms with Crippen LogP contribution in [0.25, 0.3) is 0 Å². The molecule has 0 heterocycles. The van der Waals surface area contributed by atoms with Gasteiger partial charge in [-0.15, -0.1) is 6.61 Å². The van der Waals surface area contributed by atoms with Crippen LogP contribution in [0, 0.1) is 0 Å². The van der Waals surface area contributed by atoms with Crippen LogP contribution in [0.1, 0.15) is 36.6 Å². The van der Waals surface area contributed by atoms with Crippen LogP contribution in [0.5, 0.6) is 0 Å². The zero-order valence-corrected chi connectivity index (χ0v) is 8.38. The first-order valence-electron chi connectivity index (χ1n) is 5.52. The molecule has 0 aliphatic heterocycles. The summed E-state index contributed by atoms with van der Waals surface area (Å²) in [6.07, 6.45) is 1.61. The molecule has 1 N–H and O–H groups in total. The summed E-state index contributed by atoms with van der Waals surface area (Å²) >= 11 is 0. The van der Waals surface area contributed by atoms with E-state index in [1.54, 1.807) is 0 Å². The van der Waals surface area contributed by atoms with Gasteiger partial charge in [0.1, 0.15) is 0 Å². The summed E-state index contributed by atoms with van der Waals surface area (Å²) in [6.45, 7) is 7.17. The lowest BCUT2D eigenvalue weighted by molar-refractivity contribution is -0.382. The fraction of sp³-hybridized carbons (Fsp3) is 1.00. The Bertz CT molecular complexity index is 69.1. The lowest BCUT2D eigenvalue weighted by Gasteiger charge is -2.02. The Labute approximate surface area is 78.5 Å². The van der Waals surface area contributed by atoms with E-state index in [4.69, 9.17) is 12.8 Å².